The lowest BCUT2D eigenvalue weighted by Crippen LogP contribution is -2.31. The van der Waals surface area contributed by atoms with Crippen molar-refractivity contribution in [3.8, 4) is 0 Å². The van der Waals surface area contributed by atoms with Crippen molar-refractivity contribution >= 4 is 0 Å². The van der Waals surface area contributed by atoms with Crippen LogP contribution in [0.15, 0.2) is 0 Å². The second-order valence-corrected chi connectivity index (χ2v) is 4.83. The van der Waals surface area contributed by atoms with E-state index in [2.05, 4.69) is 26.1 Å². The van der Waals surface area contributed by atoms with Gasteiger partial charge in [0, 0.05) is 12.6 Å². The van der Waals surface area contributed by atoms with Crippen molar-refractivity contribution in [1.82, 2.24) is 5.32 Å². The summed E-state index contributed by atoms with van der Waals surface area (Å²) in [6, 6.07) is 0.618. The lowest BCUT2D eigenvalue weighted by molar-refractivity contribution is 0.189. The number of hydrogen-bond acceptors (Lipinski definition) is 2. The van der Waals surface area contributed by atoms with Gasteiger partial charge in [0.2, 0.25) is 0 Å². The highest BCUT2D eigenvalue weighted by Gasteiger charge is 2.16. The molecule has 0 aliphatic carbocycles. The van der Waals surface area contributed by atoms with Gasteiger partial charge < -0.3 is 10.1 Å². The van der Waals surface area contributed by atoms with Gasteiger partial charge in [-0.25, -0.2) is 0 Å². The summed E-state index contributed by atoms with van der Waals surface area (Å²) in [5, 5.41) is 3.51. The van der Waals surface area contributed by atoms with Crippen LogP contribution in [0.3, 0.4) is 0 Å². The van der Waals surface area contributed by atoms with E-state index in [0.29, 0.717) is 11.5 Å². The Morgan fingerprint density at radius 1 is 1.42 bits per heavy atom. The minimum atomic E-state index is 0.451. The Balaban J connectivity index is 2.02. The van der Waals surface area contributed by atoms with Crippen molar-refractivity contribution < 1.29 is 4.74 Å². The fraction of sp³-hybridized carbons (Fsp3) is 1.00. The van der Waals surface area contributed by atoms with Gasteiger partial charge in [-0.1, -0.05) is 20.8 Å². The van der Waals surface area contributed by atoms with Crippen LogP contribution < -0.4 is 5.32 Å². The molecule has 1 N–H and O–H groups in total. The highest BCUT2D eigenvalue weighted by atomic mass is 16.5. The number of hydrogen-bond donors (Lipinski definition) is 1. The predicted octanol–water partition coefficient (Wildman–Crippen LogP) is 1.80. The molecule has 1 saturated heterocycles. The highest BCUT2D eigenvalue weighted by molar-refractivity contribution is 4.72. The van der Waals surface area contributed by atoms with Gasteiger partial charge in [-0.15, -0.1) is 0 Å². The summed E-state index contributed by atoms with van der Waals surface area (Å²) in [6.45, 7) is 9.80. The summed E-state index contributed by atoms with van der Waals surface area (Å²) >= 11 is 0. The van der Waals surface area contributed by atoms with Gasteiger partial charge in [0.05, 0.1) is 6.61 Å². The molecule has 0 aromatic rings. The van der Waals surface area contributed by atoms with Gasteiger partial charge in [-0.2, -0.15) is 0 Å². The Bertz CT molecular complexity index is 122. The molecule has 2 nitrogen and oxygen atoms in total. The van der Waals surface area contributed by atoms with Gasteiger partial charge in [-0.05, 0) is 24.8 Å². The third-order valence-electron chi connectivity index (χ3n) is 2.24. The van der Waals surface area contributed by atoms with Crippen molar-refractivity contribution in [2.75, 3.05) is 19.8 Å². The zero-order chi connectivity index (χ0) is 9.03. The first kappa shape index (κ1) is 10.0. The Morgan fingerprint density at radius 2 is 2.17 bits per heavy atom. The van der Waals surface area contributed by atoms with Crippen LogP contribution in [0.5, 0.6) is 0 Å². The van der Waals surface area contributed by atoms with Crippen molar-refractivity contribution in [2.45, 2.75) is 39.7 Å². The maximum atomic E-state index is 5.28. The number of ether oxygens (including phenoxy) is 1. The third-order valence-corrected chi connectivity index (χ3v) is 2.24. The van der Waals surface area contributed by atoms with Crippen LogP contribution >= 0.6 is 0 Å². The molecule has 0 aromatic heterocycles. The fourth-order valence-electron chi connectivity index (χ4n) is 1.35. The molecule has 1 rings (SSSR count). The van der Waals surface area contributed by atoms with Gasteiger partial charge >= 0.3 is 0 Å². The first-order valence-corrected chi connectivity index (χ1v) is 4.89. The standard InChI is InChI=1S/C10H21NO/c1-10(2,3)5-6-11-9-4-7-12-8-9/h9,11H,4-8H2,1-3H3/t9-/m1/s1. The van der Waals surface area contributed by atoms with Crippen LogP contribution in [0.1, 0.15) is 33.6 Å². The second kappa shape index (κ2) is 4.24. The molecule has 0 unspecified atom stereocenters. The Morgan fingerprint density at radius 3 is 2.67 bits per heavy atom. The van der Waals surface area contributed by atoms with Crippen molar-refractivity contribution in [2.24, 2.45) is 5.41 Å². The van der Waals surface area contributed by atoms with Gasteiger partial charge in [0.15, 0.2) is 0 Å². The zero-order valence-corrected chi connectivity index (χ0v) is 8.52. The van der Waals surface area contributed by atoms with E-state index in [1.54, 1.807) is 0 Å². The van der Waals surface area contributed by atoms with E-state index in [1.165, 1.54) is 12.8 Å². The summed E-state index contributed by atoms with van der Waals surface area (Å²) < 4.78 is 5.28. The van der Waals surface area contributed by atoms with E-state index in [4.69, 9.17) is 4.74 Å². The lowest BCUT2D eigenvalue weighted by Gasteiger charge is -2.19. The largest absolute Gasteiger partial charge is 0.380 e. The van der Waals surface area contributed by atoms with Gasteiger partial charge in [0.25, 0.3) is 0 Å². The van der Waals surface area contributed by atoms with Crippen molar-refractivity contribution in [3.05, 3.63) is 0 Å². The molecule has 0 amide bonds. The van der Waals surface area contributed by atoms with E-state index in [0.717, 1.165) is 19.8 Å². The molecule has 0 bridgehead atoms. The zero-order valence-electron chi connectivity index (χ0n) is 8.52. The third kappa shape index (κ3) is 4.07. The van der Waals surface area contributed by atoms with Crippen LogP contribution in [0.4, 0.5) is 0 Å². The van der Waals surface area contributed by atoms with Crippen LogP contribution in [-0.4, -0.2) is 25.8 Å². The summed E-state index contributed by atoms with van der Waals surface area (Å²) in [7, 11) is 0. The molecular weight excluding hydrogens is 150 g/mol. The van der Waals surface area contributed by atoms with Crippen LogP contribution in [0.2, 0.25) is 0 Å². The Labute approximate surface area is 75.7 Å². The Kier molecular flexibility index (Phi) is 3.53. The molecule has 2 heteroatoms. The normalized spacial score (nSPS) is 24.8. The quantitative estimate of drug-likeness (QED) is 0.699. The topological polar surface area (TPSA) is 21.3 Å². The molecule has 0 radical (unpaired) electrons. The summed E-state index contributed by atoms with van der Waals surface area (Å²) in [5.74, 6) is 0. The lowest BCUT2D eigenvalue weighted by atomic mass is 9.92. The molecule has 1 aliphatic heterocycles. The molecule has 0 saturated carbocycles. The SMILES string of the molecule is CC(C)(C)CCN[C@@H]1CCOC1. The minimum Gasteiger partial charge on any atom is -0.380 e. The maximum absolute atomic E-state index is 5.28. The first-order valence-electron chi connectivity index (χ1n) is 4.89. The first-order chi connectivity index (χ1) is 5.58. The maximum Gasteiger partial charge on any atom is 0.0620 e. The number of nitrogens with one attached hydrogen (secondary N) is 1. The average molecular weight is 171 g/mol. The van der Waals surface area contributed by atoms with E-state index in [1.807, 2.05) is 0 Å². The molecular formula is C10H21NO. The molecule has 0 spiro atoms. The summed E-state index contributed by atoms with van der Waals surface area (Å²) in [6.07, 6.45) is 2.42. The molecule has 0 aromatic carbocycles. The smallest absolute Gasteiger partial charge is 0.0620 e. The van der Waals surface area contributed by atoms with E-state index >= 15 is 0 Å². The van der Waals surface area contributed by atoms with E-state index < -0.39 is 0 Å². The highest BCUT2D eigenvalue weighted by Crippen LogP contribution is 2.17. The molecule has 1 heterocycles. The molecule has 12 heavy (non-hydrogen) atoms. The molecule has 1 aliphatic rings. The average Bonchev–Trinajstić information content (AvgIpc) is 2.36. The summed E-state index contributed by atoms with van der Waals surface area (Å²) in [5.41, 5.74) is 0.451. The van der Waals surface area contributed by atoms with E-state index in [-0.39, 0.29) is 0 Å². The predicted molar refractivity (Wildman–Crippen MR) is 51.3 cm³/mol. The molecule has 1 fully saturated rings. The van der Waals surface area contributed by atoms with Crippen LogP contribution in [-0.2, 0) is 4.74 Å². The Hall–Kier alpha value is -0.0800. The van der Waals surface area contributed by atoms with Crippen LogP contribution in [0.25, 0.3) is 0 Å². The fourth-order valence-corrected chi connectivity index (χ4v) is 1.35. The number of rotatable bonds is 3. The summed E-state index contributed by atoms with van der Waals surface area (Å²) in [4.78, 5) is 0. The van der Waals surface area contributed by atoms with E-state index in [9.17, 15) is 0 Å². The van der Waals surface area contributed by atoms with Gasteiger partial charge in [-0.3, -0.25) is 0 Å². The van der Waals surface area contributed by atoms with Crippen LogP contribution in [0, 0.1) is 5.41 Å². The van der Waals surface area contributed by atoms with Crippen molar-refractivity contribution in [3.63, 3.8) is 0 Å². The van der Waals surface area contributed by atoms with Gasteiger partial charge in [0.1, 0.15) is 0 Å². The molecule has 1 atom stereocenters. The second-order valence-electron chi connectivity index (χ2n) is 4.83. The molecule has 72 valence electrons. The van der Waals surface area contributed by atoms with Crippen molar-refractivity contribution in [1.29, 1.82) is 0 Å². The monoisotopic (exact) mass is 171 g/mol. The minimum absolute atomic E-state index is 0.451.